The molecule has 1 rings (SSSR count). The number of hydrogen-bond acceptors (Lipinski definition) is 1. The zero-order valence-electron chi connectivity index (χ0n) is 5.34. The zero-order chi connectivity index (χ0) is 8.43. The summed E-state index contributed by atoms with van der Waals surface area (Å²) in [5, 5.41) is 8.49. The summed E-state index contributed by atoms with van der Waals surface area (Å²) >= 11 is 2.98. The summed E-state index contributed by atoms with van der Waals surface area (Å²) in [6.07, 6.45) is 0. The third-order valence-corrected chi connectivity index (χ3v) is 1.85. The van der Waals surface area contributed by atoms with Crippen molar-refractivity contribution in [2.24, 2.45) is 0 Å². The second kappa shape index (κ2) is 4.97. The van der Waals surface area contributed by atoms with Gasteiger partial charge in [0.2, 0.25) is 0 Å². The summed E-state index contributed by atoms with van der Waals surface area (Å²) in [6, 6.07) is 3.52. The van der Waals surface area contributed by atoms with Gasteiger partial charge in [0, 0.05) is 4.47 Å². The summed E-state index contributed by atoms with van der Waals surface area (Å²) in [5.41, 5.74) is -0.0648. The molecular formula is C7H5BrFNaO2. The number of aromatic carboxylic acids is 1. The maximum atomic E-state index is 12.4. The average molecular weight is 243 g/mol. The molecule has 1 aromatic rings. The quantitative estimate of drug-likeness (QED) is 0.761. The molecule has 0 spiro atoms. The van der Waals surface area contributed by atoms with Crippen LogP contribution in [0.3, 0.4) is 0 Å². The van der Waals surface area contributed by atoms with Crippen molar-refractivity contribution >= 4 is 51.5 Å². The second-order valence-electron chi connectivity index (χ2n) is 1.93. The Morgan fingerprint density at radius 2 is 2.08 bits per heavy atom. The molecule has 0 amide bonds. The van der Waals surface area contributed by atoms with E-state index >= 15 is 0 Å². The zero-order valence-corrected chi connectivity index (χ0v) is 6.93. The van der Waals surface area contributed by atoms with Gasteiger partial charge in [0.05, 0.1) is 5.56 Å². The fourth-order valence-electron chi connectivity index (χ4n) is 0.661. The van der Waals surface area contributed by atoms with Crippen LogP contribution in [0.4, 0.5) is 4.39 Å². The van der Waals surface area contributed by atoms with Crippen molar-refractivity contribution in [1.29, 1.82) is 0 Å². The molecule has 0 saturated heterocycles. The molecule has 0 atom stereocenters. The number of carboxylic acids is 1. The van der Waals surface area contributed by atoms with Gasteiger partial charge in [-0.1, -0.05) is 0 Å². The van der Waals surface area contributed by atoms with Gasteiger partial charge in [-0.15, -0.1) is 0 Å². The molecule has 0 aliphatic heterocycles. The number of carboxylic acid groups (broad SMARTS) is 1. The van der Waals surface area contributed by atoms with Crippen molar-refractivity contribution in [3.05, 3.63) is 34.1 Å². The SMILES string of the molecule is O=C(O)c1cc(F)ccc1Br.[NaH]. The summed E-state index contributed by atoms with van der Waals surface area (Å²) in [6.45, 7) is 0. The standard InChI is InChI=1S/C7H4BrFO2.Na.H/c8-6-2-1-4(9)3-5(6)7(10)11;;/h1-3H,(H,10,11);;. The number of carbonyl (C=O) groups is 1. The topological polar surface area (TPSA) is 37.3 Å². The first-order valence-corrected chi connectivity index (χ1v) is 3.59. The van der Waals surface area contributed by atoms with Crippen molar-refractivity contribution in [2.45, 2.75) is 0 Å². The third-order valence-electron chi connectivity index (χ3n) is 1.16. The van der Waals surface area contributed by atoms with E-state index in [0.717, 1.165) is 6.07 Å². The predicted octanol–water partition coefficient (Wildman–Crippen LogP) is 1.64. The average Bonchev–Trinajstić information content (AvgIpc) is 1.94. The van der Waals surface area contributed by atoms with E-state index < -0.39 is 11.8 Å². The minimum absolute atomic E-state index is 0. The second-order valence-corrected chi connectivity index (χ2v) is 2.78. The van der Waals surface area contributed by atoms with Crippen LogP contribution in [0.25, 0.3) is 0 Å². The van der Waals surface area contributed by atoms with E-state index in [1.54, 1.807) is 0 Å². The van der Waals surface area contributed by atoms with Crippen LogP contribution < -0.4 is 0 Å². The van der Waals surface area contributed by atoms with Gasteiger partial charge in [-0.05, 0) is 34.1 Å². The molecule has 0 aliphatic carbocycles. The van der Waals surface area contributed by atoms with Crippen LogP contribution in [0.5, 0.6) is 0 Å². The van der Waals surface area contributed by atoms with Gasteiger partial charge in [-0.25, -0.2) is 9.18 Å². The fourth-order valence-corrected chi connectivity index (χ4v) is 1.08. The normalized spacial score (nSPS) is 8.83. The third kappa shape index (κ3) is 2.86. The Morgan fingerprint density at radius 1 is 1.50 bits per heavy atom. The van der Waals surface area contributed by atoms with Crippen LogP contribution in [-0.4, -0.2) is 40.6 Å². The summed E-state index contributed by atoms with van der Waals surface area (Å²) in [7, 11) is 0. The Morgan fingerprint density at radius 3 is 2.50 bits per heavy atom. The summed E-state index contributed by atoms with van der Waals surface area (Å²) in [5.74, 6) is -1.69. The van der Waals surface area contributed by atoms with E-state index in [9.17, 15) is 9.18 Å². The molecule has 0 bridgehead atoms. The Bertz CT molecular complexity index is 303. The summed E-state index contributed by atoms with van der Waals surface area (Å²) < 4.78 is 12.8. The van der Waals surface area contributed by atoms with E-state index in [1.807, 2.05) is 0 Å². The van der Waals surface area contributed by atoms with Gasteiger partial charge >= 0.3 is 35.5 Å². The van der Waals surface area contributed by atoms with Gasteiger partial charge in [0.15, 0.2) is 0 Å². The van der Waals surface area contributed by atoms with E-state index in [1.165, 1.54) is 12.1 Å². The van der Waals surface area contributed by atoms with Crippen LogP contribution in [0.2, 0.25) is 0 Å². The first kappa shape index (κ1) is 12.1. The Labute approximate surface area is 99.2 Å². The molecule has 1 aromatic carbocycles. The van der Waals surface area contributed by atoms with Crippen LogP contribution in [0, 0.1) is 5.82 Å². The molecule has 0 aliphatic rings. The molecule has 2 nitrogen and oxygen atoms in total. The van der Waals surface area contributed by atoms with Gasteiger partial charge in [0.1, 0.15) is 5.82 Å². The Hall–Kier alpha value is 0.100. The van der Waals surface area contributed by atoms with Gasteiger partial charge in [-0.2, -0.15) is 0 Å². The van der Waals surface area contributed by atoms with Crippen molar-refractivity contribution in [2.75, 3.05) is 0 Å². The van der Waals surface area contributed by atoms with Crippen LogP contribution in [0.15, 0.2) is 22.7 Å². The monoisotopic (exact) mass is 242 g/mol. The number of halogens is 2. The van der Waals surface area contributed by atoms with Gasteiger partial charge in [-0.3, -0.25) is 0 Å². The predicted molar refractivity (Wildman–Crippen MR) is 48.2 cm³/mol. The Kier molecular flexibility index (Phi) is 5.01. The first-order valence-electron chi connectivity index (χ1n) is 2.79. The molecule has 0 unspecified atom stereocenters. The van der Waals surface area contributed by atoms with Crippen molar-refractivity contribution in [3.8, 4) is 0 Å². The molecule has 12 heavy (non-hydrogen) atoms. The first-order chi connectivity index (χ1) is 5.11. The van der Waals surface area contributed by atoms with E-state index in [-0.39, 0.29) is 35.1 Å². The van der Waals surface area contributed by atoms with Crippen molar-refractivity contribution in [3.63, 3.8) is 0 Å². The van der Waals surface area contributed by atoms with Crippen molar-refractivity contribution < 1.29 is 14.3 Å². The van der Waals surface area contributed by atoms with Crippen molar-refractivity contribution in [1.82, 2.24) is 0 Å². The maximum absolute atomic E-state index is 12.4. The molecule has 1 N–H and O–H groups in total. The van der Waals surface area contributed by atoms with E-state index in [4.69, 9.17) is 5.11 Å². The fraction of sp³-hybridized carbons (Fsp3) is 0. The van der Waals surface area contributed by atoms with Gasteiger partial charge < -0.3 is 5.11 Å². The molecule has 0 heterocycles. The van der Waals surface area contributed by atoms with Crippen LogP contribution >= 0.6 is 15.9 Å². The van der Waals surface area contributed by atoms with Crippen LogP contribution in [-0.2, 0) is 0 Å². The molecular weight excluding hydrogens is 238 g/mol. The molecule has 0 aromatic heterocycles. The summed E-state index contributed by atoms with van der Waals surface area (Å²) in [4.78, 5) is 10.4. The van der Waals surface area contributed by atoms with E-state index in [2.05, 4.69) is 15.9 Å². The molecule has 60 valence electrons. The molecule has 5 heteroatoms. The molecule has 0 radical (unpaired) electrons. The Balaban J connectivity index is 0.00000121. The number of rotatable bonds is 1. The van der Waals surface area contributed by atoms with E-state index in [0.29, 0.717) is 4.47 Å². The molecule has 0 saturated carbocycles. The number of benzene rings is 1. The minimum atomic E-state index is -1.14. The molecule has 0 fully saturated rings. The van der Waals surface area contributed by atoms with Gasteiger partial charge in [0.25, 0.3) is 0 Å². The van der Waals surface area contributed by atoms with Crippen LogP contribution in [0.1, 0.15) is 10.4 Å². The number of hydrogen-bond donors (Lipinski definition) is 1.